The topological polar surface area (TPSA) is 67.4 Å². The molecule has 6 nitrogen and oxygen atoms in total. The molecule has 0 radical (unpaired) electrons. The Bertz CT molecular complexity index is 902. The molecule has 4 rings (SSSR count). The summed E-state index contributed by atoms with van der Waals surface area (Å²) in [5.41, 5.74) is 4.63. The second-order valence-electron chi connectivity index (χ2n) is 9.47. The highest BCUT2D eigenvalue weighted by molar-refractivity contribution is 5.78. The minimum atomic E-state index is -0.293. The van der Waals surface area contributed by atoms with Crippen molar-refractivity contribution in [3.05, 3.63) is 52.8 Å². The Labute approximate surface area is 205 Å². The largest absolute Gasteiger partial charge is 0.381 e. The molecule has 3 heterocycles. The third kappa shape index (κ3) is 6.15. The number of aryl methyl sites for hydroxylation is 2. The Morgan fingerprint density at radius 1 is 1.09 bits per heavy atom. The molecule has 0 spiro atoms. The van der Waals surface area contributed by atoms with Gasteiger partial charge in [0.25, 0.3) is 0 Å². The number of carbonyl (C=O) groups is 1. The fourth-order valence-electron chi connectivity index (χ4n) is 4.66. The summed E-state index contributed by atoms with van der Waals surface area (Å²) in [7, 11) is 0. The van der Waals surface area contributed by atoms with Crippen LogP contribution in [0, 0.1) is 0 Å². The lowest BCUT2D eigenvalue weighted by Crippen LogP contribution is -2.41. The standard InChI is InChI=1S/C18H28N4O2.C10H14/c1-4-6-16(23)22-12-15-14(18(22,3)5-2)11-19-17(21-15)20-13-7-9-24-10-8-13;1-3-9-5-7-10(4-2)8-6-9/h11,13H,4-10,12H2,1-3H3,(H,19,20,21);5-8H,3-4H2,1-2H3. The van der Waals surface area contributed by atoms with Crippen molar-refractivity contribution in [1.29, 1.82) is 0 Å². The predicted molar refractivity (Wildman–Crippen MR) is 138 cm³/mol. The van der Waals surface area contributed by atoms with E-state index in [0.29, 0.717) is 25.0 Å². The summed E-state index contributed by atoms with van der Waals surface area (Å²) in [6, 6.07) is 9.20. The van der Waals surface area contributed by atoms with Crippen LogP contribution in [0.25, 0.3) is 0 Å². The van der Waals surface area contributed by atoms with Crippen LogP contribution in [0.15, 0.2) is 30.5 Å². The van der Waals surface area contributed by atoms with Crippen molar-refractivity contribution >= 4 is 11.9 Å². The smallest absolute Gasteiger partial charge is 0.223 e. The summed E-state index contributed by atoms with van der Waals surface area (Å²) < 4.78 is 5.39. The molecule has 34 heavy (non-hydrogen) atoms. The van der Waals surface area contributed by atoms with Gasteiger partial charge in [0.05, 0.1) is 17.8 Å². The van der Waals surface area contributed by atoms with Crippen LogP contribution in [0.3, 0.4) is 0 Å². The number of nitrogens with one attached hydrogen (secondary N) is 1. The molecule has 1 amide bonds. The second kappa shape index (κ2) is 12.3. The molecule has 1 aromatic heterocycles. The number of hydrogen-bond acceptors (Lipinski definition) is 5. The summed E-state index contributed by atoms with van der Waals surface area (Å²) in [6.45, 7) is 12.8. The lowest BCUT2D eigenvalue weighted by molar-refractivity contribution is -0.137. The first-order chi connectivity index (χ1) is 16.4. The number of aromatic nitrogens is 2. The molecule has 1 saturated heterocycles. The minimum Gasteiger partial charge on any atom is -0.381 e. The van der Waals surface area contributed by atoms with Gasteiger partial charge in [0.1, 0.15) is 0 Å². The highest BCUT2D eigenvalue weighted by atomic mass is 16.5. The van der Waals surface area contributed by atoms with Gasteiger partial charge >= 0.3 is 0 Å². The van der Waals surface area contributed by atoms with Gasteiger partial charge < -0.3 is 15.0 Å². The van der Waals surface area contributed by atoms with Crippen molar-refractivity contribution in [2.75, 3.05) is 18.5 Å². The van der Waals surface area contributed by atoms with Crippen molar-refractivity contribution in [2.45, 2.75) is 97.7 Å². The molecule has 2 aliphatic rings. The number of rotatable bonds is 7. The van der Waals surface area contributed by atoms with E-state index in [9.17, 15) is 4.79 Å². The Morgan fingerprint density at radius 3 is 2.24 bits per heavy atom. The van der Waals surface area contributed by atoms with Gasteiger partial charge in [0.15, 0.2) is 0 Å². The monoisotopic (exact) mass is 466 g/mol. The highest BCUT2D eigenvalue weighted by Crippen LogP contribution is 2.41. The minimum absolute atomic E-state index is 0.207. The molecule has 1 atom stereocenters. The number of benzene rings is 1. The van der Waals surface area contributed by atoms with Crippen LogP contribution in [0.5, 0.6) is 0 Å². The molecule has 0 aliphatic carbocycles. The van der Waals surface area contributed by atoms with Gasteiger partial charge in [-0.2, -0.15) is 0 Å². The first-order valence-corrected chi connectivity index (χ1v) is 13.0. The maximum Gasteiger partial charge on any atom is 0.223 e. The summed E-state index contributed by atoms with van der Waals surface area (Å²) >= 11 is 0. The molecular weight excluding hydrogens is 424 g/mol. The summed E-state index contributed by atoms with van der Waals surface area (Å²) in [5.74, 6) is 0.877. The lowest BCUT2D eigenvalue weighted by atomic mass is 9.91. The fraction of sp³-hybridized carbons (Fsp3) is 0.607. The van der Waals surface area contributed by atoms with Gasteiger partial charge in [-0.05, 0) is 56.6 Å². The number of nitrogens with zero attached hydrogens (tertiary/aromatic N) is 3. The van der Waals surface area contributed by atoms with Gasteiger partial charge in [-0.25, -0.2) is 9.97 Å². The van der Waals surface area contributed by atoms with Crippen LogP contribution in [-0.4, -0.2) is 40.0 Å². The third-order valence-electron chi connectivity index (χ3n) is 7.20. The van der Waals surface area contributed by atoms with E-state index in [1.807, 2.05) is 18.0 Å². The fourth-order valence-corrected chi connectivity index (χ4v) is 4.66. The van der Waals surface area contributed by atoms with Crippen LogP contribution in [-0.2, 0) is 34.5 Å². The Morgan fingerprint density at radius 2 is 1.71 bits per heavy atom. The summed E-state index contributed by atoms with van der Waals surface area (Å²) in [4.78, 5) is 23.8. The number of hydrogen-bond donors (Lipinski definition) is 1. The van der Waals surface area contributed by atoms with E-state index in [0.717, 1.165) is 63.0 Å². The zero-order valence-electron chi connectivity index (χ0n) is 21.7. The van der Waals surface area contributed by atoms with Gasteiger partial charge in [-0.3, -0.25) is 4.79 Å². The third-order valence-corrected chi connectivity index (χ3v) is 7.20. The van der Waals surface area contributed by atoms with Crippen molar-refractivity contribution < 1.29 is 9.53 Å². The number of ether oxygens (including phenoxy) is 1. The second-order valence-corrected chi connectivity index (χ2v) is 9.47. The van der Waals surface area contributed by atoms with Crippen molar-refractivity contribution in [3.8, 4) is 0 Å². The van der Waals surface area contributed by atoms with Crippen LogP contribution in [0.1, 0.15) is 89.1 Å². The maximum absolute atomic E-state index is 12.5. The Balaban J connectivity index is 0.000000271. The Kier molecular flexibility index (Phi) is 9.45. The molecule has 6 heteroatoms. The van der Waals surface area contributed by atoms with Crippen LogP contribution in [0.4, 0.5) is 5.95 Å². The molecule has 2 aromatic rings. The van der Waals surface area contributed by atoms with E-state index in [-0.39, 0.29) is 11.4 Å². The summed E-state index contributed by atoms with van der Waals surface area (Å²) in [5, 5.41) is 3.42. The molecule has 186 valence electrons. The van der Waals surface area contributed by atoms with Crippen molar-refractivity contribution in [1.82, 2.24) is 14.9 Å². The molecule has 0 saturated carbocycles. The molecular formula is C28H42N4O2. The van der Waals surface area contributed by atoms with Crippen molar-refractivity contribution in [2.24, 2.45) is 0 Å². The molecule has 1 unspecified atom stereocenters. The number of amides is 1. The van der Waals surface area contributed by atoms with Gasteiger partial charge in [-0.1, -0.05) is 52.0 Å². The first kappa shape index (κ1) is 26.1. The van der Waals surface area contributed by atoms with Gasteiger partial charge in [0, 0.05) is 37.4 Å². The van der Waals surface area contributed by atoms with E-state index in [1.165, 1.54) is 11.1 Å². The Hall–Kier alpha value is -2.47. The van der Waals surface area contributed by atoms with E-state index < -0.39 is 0 Å². The molecule has 0 bridgehead atoms. The maximum atomic E-state index is 12.5. The molecule has 1 N–H and O–H groups in total. The van der Waals surface area contributed by atoms with Gasteiger partial charge in [-0.15, -0.1) is 0 Å². The average Bonchev–Trinajstić information content (AvgIpc) is 3.17. The van der Waals surface area contributed by atoms with Crippen LogP contribution in [0.2, 0.25) is 0 Å². The molecule has 1 fully saturated rings. The highest BCUT2D eigenvalue weighted by Gasteiger charge is 2.43. The van der Waals surface area contributed by atoms with Gasteiger partial charge in [0.2, 0.25) is 11.9 Å². The number of carbonyl (C=O) groups excluding carboxylic acids is 1. The number of anilines is 1. The van der Waals surface area contributed by atoms with Crippen LogP contribution < -0.4 is 5.32 Å². The molecule has 2 aliphatic heterocycles. The predicted octanol–water partition coefficient (Wildman–Crippen LogP) is 5.65. The first-order valence-electron chi connectivity index (χ1n) is 13.0. The van der Waals surface area contributed by atoms with E-state index in [1.54, 1.807) is 0 Å². The normalized spacial score (nSPS) is 19.9. The lowest BCUT2D eigenvalue weighted by Gasteiger charge is -2.35. The zero-order valence-corrected chi connectivity index (χ0v) is 21.7. The van der Waals surface area contributed by atoms with Crippen LogP contribution >= 0.6 is 0 Å². The van der Waals surface area contributed by atoms with Crippen molar-refractivity contribution in [3.63, 3.8) is 0 Å². The van der Waals surface area contributed by atoms with E-state index in [2.05, 4.69) is 62.3 Å². The summed E-state index contributed by atoms with van der Waals surface area (Å²) in [6.07, 6.45) is 8.48. The average molecular weight is 467 g/mol. The zero-order chi connectivity index (χ0) is 24.6. The quantitative estimate of drug-likeness (QED) is 0.571. The van der Waals surface area contributed by atoms with E-state index >= 15 is 0 Å². The van der Waals surface area contributed by atoms with E-state index in [4.69, 9.17) is 9.72 Å². The number of fused-ring (bicyclic) bond motifs is 1. The SMILES string of the molecule is CCCC(=O)N1Cc2nc(NC3CCOCC3)ncc2C1(C)CC.CCc1ccc(CC)cc1. The molecule has 1 aromatic carbocycles.